The molecule has 2 rings (SSSR count). The summed E-state index contributed by atoms with van der Waals surface area (Å²) < 4.78 is 0. The van der Waals surface area contributed by atoms with E-state index in [0.717, 1.165) is 61.8 Å². The number of benzene rings is 1. The van der Waals surface area contributed by atoms with Gasteiger partial charge in [0.15, 0.2) is 5.96 Å². The van der Waals surface area contributed by atoms with Gasteiger partial charge in [-0.1, -0.05) is 12.1 Å². The molecule has 0 spiro atoms. The highest BCUT2D eigenvalue weighted by Gasteiger charge is 2.12. The first-order valence-electron chi connectivity index (χ1n) is 10.2. The van der Waals surface area contributed by atoms with Crippen LogP contribution in [0.4, 0.5) is 0 Å². The summed E-state index contributed by atoms with van der Waals surface area (Å²) in [5.41, 5.74) is 2.14. The van der Waals surface area contributed by atoms with E-state index in [1.807, 2.05) is 18.2 Å². The van der Waals surface area contributed by atoms with E-state index in [2.05, 4.69) is 66.2 Å². The SMILES string of the molecule is CCNC(=NCCCc1nc2ccccc2[nH]1)NCCN(C(C)C)C(C)C. The maximum absolute atomic E-state index is 4.70. The minimum absolute atomic E-state index is 0.551. The van der Waals surface area contributed by atoms with Crippen LogP contribution in [0.3, 0.4) is 0 Å². The van der Waals surface area contributed by atoms with Crippen molar-refractivity contribution in [1.29, 1.82) is 0 Å². The highest BCUT2D eigenvalue weighted by molar-refractivity contribution is 5.79. The molecule has 6 nitrogen and oxygen atoms in total. The molecule has 6 heteroatoms. The van der Waals surface area contributed by atoms with Crippen LogP contribution in [0.1, 0.15) is 46.9 Å². The monoisotopic (exact) mass is 372 g/mol. The first kappa shape index (κ1) is 21.2. The molecule has 1 aromatic carbocycles. The van der Waals surface area contributed by atoms with Crippen LogP contribution in [0, 0.1) is 0 Å². The second kappa shape index (κ2) is 10.9. The van der Waals surface area contributed by atoms with Gasteiger partial charge in [-0.3, -0.25) is 9.89 Å². The molecule has 0 atom stereocenters. The van der Waals surface area contributed by atoms with E-state index < -0.39 is 0 Å². The van der Waals surface area contributed by atoms with Crippen molar-refractivity contribution in [1.82, 2.24) is 25.5 Å². The number of aromatic amines is 1. The lowest BCUT2D eigenvalue weighted by atomic mass is 10.2. The molecule has 0 unspecified atom stereocenters. The zero-order valence-corrected chi connectivity index (χ0v) is 17.5. The van der Waals surface area contributed by atoms with E-state index in [0.29, 0.717) is 12.1 Å². The van der Waals surface area contributed by atoms with Crippen molar-refractivity contribution in [2.75, 3.05) is 26.2 Å². The molecule has 0 fully saturated rings. The second-order valence-corrected chi connectivity index (χ2v) is 7.42. The quantitative estimate of drug-likeness (QED) is 0.340. The lowest BCUT2D eigenvalue weighted by Crippen LogP contribution is -2.45. The van der Waals surface area contributed by atoms with Gasteiger partial charge in [0.1, 0.15) is 5.82 Å². The average Bonchev–Trinajstić information content (AvgIpc) is 3.04. The number of imidazole rings is 1. The summed E-state index contributed by atoms with van der Waals surface area (Å²) in [6.45, 7) is 14.6. The number of H-pyrrole nitrogens is 1. The van der Waals surface area contributed by atoms with Gasteiger partial charge in [-0.2, -0.15) is 0 Å². The predicted molar refractivity (Wildman–Crippen MR) is 115 cm³/mol. The maximum atomic E-state index is 4.70. The minimum Gasteiger partial charge on any atom is -0.357 e. The van der Waals surface area contributed by atoms with E-state index in [1.165, 1.54) is 0 Å². The number of guanidine groups is 1. The van der Waals surface area contributed by atoms with Crippen LogP contribution >= 0.6 is 0 Å². The first-order chi connectivity index (χ1) is 13.0. The highest BCUT2D eigenvalue weighted by Crippen LogP contribution is 2.11. The third kappa shape index (κ3) is 6.86. The van der Waals surface area contributed by atoms with Crippen molar-refractivity contribution < 1.29 is 0 Å². The Kier molecular flexibility index (Phi) is 8.58. The Bertz CT molecular complexity index is 663. The lowest BCUT2D eigenvalue weighted by Gasteiger charge is -2.30. The summed E-state index contributed by atoms with van der Waals surface area (Å²) in [5.74, 6) is 1.93. The molecule has 0 aliphatic heterocycles. The number of hydrogen-bond acceptors (Lipinski definition) is 3. The summed E-state index contributed by atoms with van der Waals surface area (Å²) in [6.07, 6.45) is 1.88. The number of aromatic nitrogens is 2. The zero-order chi connectivity index (χ0) is 19.6. The van der Waals surface area contributed by atoms with E-state index in [9.17, 15) is 0 Å². The largest absolute Gasteiger partial charge is 0.357 e. The first-order valence-corrected chi connectivity index (χ1v) is 10.2. The number of nitrogens with one attached hydrogen (secondary N) is 3. The van der Waals surface area contributed by atoms with Crippen LogP contribution in [-0.4, -0.2) is 59.1 Å². The van der Waals surface area contributed by atoms with E-state index in [-0.39, 0.29) is 0 Å². The molecule has 2 aromatic rings. The number of para-hydroxylation sites is 2. The molecular formula is C21H36N6. The molecule has 0 amide bonds. The van der Waals surface area contributed by atoms with Gasteiger partial charge in [-0.05, 0) is 53.2 Å². The summed E-state index contributed by atoms with van der Waals surface area (Å²) in [6, 6.07) is 9.26. The van der Waals surface area contributed by atoms with Crippen LogP contribution < -0.4 is 10.6 Å². The van der Waals surface area contributed by atoms with Crippen molar-refractivity contribution in [3.05, 3.63) is 30.1 Å². The van der Waals surface area contributed by atoms with Crippen molar-refractivity contribution >= 4 is 17.0 Å². The average molecular weight is 373 g/mol. The third-order valence-corrected chi connectivity index (χ3v) is 4.61. The molecule has 0 bridgehead atoms. The van der Waals surface area contributed by atoms with Crippen LogP contribution in [0.25, 0.3) is 11.0 Å². The number of aliphatic imine (C=N–C) groups is 1. The number of nitrogens with zero attached hydrogens (tertiary/aromatic N) is 3. The predicted octanol–water partition coefficient (Wildman–Crippen LogP) is 3.17. The standard InChI is InChI=1S/C21H36N6/c1-6-22-21(24-14-15-27(16(2)3)17(4)5)23-13-9-12-20-25-18-10-7-8-11-19(18)26-20/h7-8,10-11,16-17H,6,9,12-15H2,1-5H3,(H,25,26)(H2,22,23,24). The molecule has 1 aromatic heterocycles. The van der Waals surface area contributed by atoms with Crippen molar-refractivity contribution in [2.45, 2.75) is 59.5 Å². The fraction of sp³-hybridized carbons (Fsp3) is 0.619. The lowest BCUT2D eigenvalue weighted by molar-refractivity contribution is 0.178. The van der Waals surface area contributed by atoms with Crippen LogP contribution in [0.5, 0.6) is 0 Å². The van der Waals surface area contributed by atoms with Gasteiger partial charge < -0.3 is 15.6 Å². The maximum Gasteiger partial charge on any atom is 0.191 e. The number of hydrogen-bond donors (Lipinski definition) is 3. The van der Waals surface area contributed by atoms with Gasteiger partial charge in [0, 0.05) is 44.7 Å². The zero-order valence-electron chi connectivity index (χ0n) is 17.5. The highest BCUT2D eigenvalue weighted by atomic mass is 15.2. The van der Waals surface area contributed by atoms with E-state index >= 15 is 0 Å². The summed E-state index contributed by atoms with van der Waals surface area (Å²) in [4.78, 5) is 15.2. The Labute approximate surface area is 163 Å². The van der Waals surface area contributed by atoms with Gasteiger partial charge >= 0.3 is 0 Å². The van der Waals surface area contributed by atoms with Crippen LogP contribution in [-0.2, 0) is 6.42 Å². The second-order valence-electron chi connectivity index (χ2n) is 7.42. The molecule has 0 saturated heterocycles. The normalized spacial score (nSPS) is 12.5. The van der Waals surface area contributed by atoms with Crippen molar-refractivity contribution in [3.63, 3.8) is 0 Å². The van der Waals surface area contributed by atoms with Crippen molar-refractivity contribution in [2.24, 2.45) is 4.99 Å². The molecule has 0 aliphatic carbocycles. The Morgan fingerprint density at radius 3 is 2.56 bits per heavy atom. The number of aryl methyl sites for hydroxylation is 1. The fourth-order valence-corrected chi connectivity index (χ4v) is 3.32. The molecule has 27 heavy (non-hydrogen) atoms. The number of fused-ring (bicyclic) bond motifs is 1. The molecule has 150 valence electrons. The molecule has 0 radical (unpaired) electrons. The number of rotatable bonds is 10. The van der Waals surface area contributed by atoms with E-state index in [1.54, 1.807) is 0 Å². The summed E-state index contributed by atoms with van der Waals surface area (Å²) >= 11 is 0. The summed E-state index contributed by atoms with van der Waals surface area (Å²) in [7, 11) is 0. The molecule has 0 aliphatic rings. The van der Waals surface area contributed by atoms with Crippen LogP contribution in [0.2, 0.25) is 0 Å². The Balaban J connectivity index is 1.78. The molecule has 0 saturated carbocycles. The Hall–Kier alpha value is -2.08. The fourth-order valence-electron chi connectivity index (χ4n) is 3.32. The van der Waals surface area contributed by atoms with Crippen LogP contribution in [0.15, 0.2) is 29.3 Å². The third-order valence-electron chi connectivity index (χ3n) is 4.61. The van der Waals surface area contributed by atoms with Gasteiger partial charge in [0.05, 0.1) is 11.0 Å². The van der Waals surface area contributed by atoms with Gasteiger partial charge in [-0.25, -0.2) is 4.98 Å². The summed E-state index contributed by atoms with van der Waals surface area (Å²) in [5, 5.41) is 6.79. The molecule has 1 heterocycles. The van der Waals surface area contributed by atoms with E-state index in [4.69, 9.17) is 4.99 Å². The minimum atomic E-state index is 0.551. The van der Waals surface area contributed by atoms with Crippen molar-refractivity contribution in [3.8, 4) is 0 Å². The smallest absolute Gasteiger partial charge is 0.191 e. The Morgan fingerprint density at radius 1 is 1.15 bits per heavy atom. The molecule has 3 N–H and O–H groups in total. The van der Waals surface area contributed by atoms with Gasteiger partial charge in [0.25, 0.3) is 0 Å². The van der Waals surface area contributed by atoms with Gasteiger partial charge in [0.2, 0.25) is 0 Å². The molecular weight excluding hydrogens is 336 g/mol. The van der Waals surface area contributed by atoms with Gasteiger partial charge in [-0.15, -0.1) is 0 Å². The Morgan fingerprint density at radius 2 is 1.89 bits per heavy atom. The topological polar surface area (TPSA) is 68.3 Å².